The monoisotopic (exact) mass is 332 g/mol. The second kappa shape index (κ2) is 8.64. The molecule has 5 heteroatoms. The molecular weight excluding hydrogens is 308 g/mol. The number of hydrogen-bond acceptors (Lipinski definition) is 5. The van der Waals surface area contributed by atoms with Gasteiger partial charge in [0.2, 0.25) is 0 Å². The van der Waals surface area contributed by atoms with E-state index in [1.165, 1.54) is 7.11 Å². The van der Waals surface area contributed by atoms with Crippen molar-refractivity contribution >= 4 is 11.9 Å². The topological polar surface area (TPSA) is 61.8 Å². The fourth-order valence-electron chi connectivity index (χ4n) is 2.81. The van der Waals surface area contributed by atoms with Gasteiger partial charge in [-0.2, -0.15) is 0 Å². The van der Waals surface area contributed by atoms with Gasteiger partial charge in [-0.1, -0.05) is 56.7 Å². The molecule has 0 aliphatic carbocycles. The lowest BCUT2D eigenvalue weighted by molar-refractivity contribution is -0.155. The van der Waals surface area contributed by atoms with E-state index in [4.69, 9.17) is 14.2 Å². The normalized spacial score (nSPS) is 21.4. The summed E-state index contributed by atoms with van der Waals surface area (Å²) in [4.78, 5) is 23.9. The molecule has 0 unspecified atom stereocenters. The van der Waals surface area contributed by atoms with Crippen molar-refractivity contribution in [1.82, 2.24) is 0 Å². The highest BCUT2D eigenvalue weighted by atomic mass is 16.6. The predicted molar refractivity (Wildman–Crippen MR) is 89.1 cm³/mol. The highest BCUT2D eigenvalue weighted by Gasteiger charge is 2.48. The first-order valence-corrected chi connectivity index (χ1v) is 8.21. The molecule has 0 bridgehead atoms. The molecule has 0 aromatic heterocycles. The smallest absolute Gasteiger partial charge is 0.334 e. The third-order valence-electron chi connectivity index (χ3n) is 4.18. The van der Waals surface area contributed by atoms with E-state index in [0.717, 1.165) is 18.4 Å². The van der Waals surface area contributed by atoms with Crippen molar-refractivity contribution in [3.8, 4) is 0 Å². The molecule has 1 aromatic rings. The van der Waals surface area contributed by atoms with E-state index in [1.807, 2.05) is 30.3 Å². The molecule has 0 amide bonds. The van der Waals surface area contributed by atoms with Gasteiger partial charge >= 0.3 is 11.9 Å². The minimum Gasteiger partial charge on any atom is -0.468 e. The Morgan fingerprint density at radius 3 is 2.67 bits per heavy atom. The fraction of sp³-hybridized carbons (Fsp3) is 0.474. The van der Waals surface area contributed by atoms with E-state index >= 15 is 0 Å². The second-order valence-electron chi connectivity index (χ2n) is 5.87. The quantitative estimate of drug-likeness (QED) is 0.541. The molecule has 1 aromatic carbocycles. The highest BCUT2D eigenvalue weighted by molar-refractivity contribution is 5.98. The van der Waals surface area contributed by atoms with Crippen LogP contribution in [0.1, 0.15) is 31.7 Å². The summed E-state index contributed by atoms with van der Waals surface area (Å²) in [5.41, 5.74) is 1.16. The summed E-state index contributed by atoms with van der Waals surface area (Å²) in [5.74, 6) is -1.87. The molecule has 1 aliphatic heterocycles. The number of ether oxygens (including phenoxy) is 3. The van der Waals surface area contributed by atoms with Crippen LogP contribution in [-0.2, 0) is 30.4 Å². The van der Waals surface area contributed by atoms with E-state index < -0.39 is 24.0 Å². The lowest BCUT2D eigenvalue weighted by atomic mass is 9.91. The number of unbranched alkanes of at least 4 members (excludes halogenated alkanes) is 1. The number of rotatable bonds is 8. The molecule has 1 aliphatic rings. The van der Waals surface area contributed by atoms with Crippen molar-refractivity contribution in [2.24, 2.45) is 5.92 Å². The largest absolute Gasteiger partial charge is 0.468 e. The Morgan fingerprint density at radius 1 is 1.33 bits per heavy atom. The first-order chi connectivity index (χ1) is 11.6. The second-order valence-corrected chi connectivity index (χ2v) is 5.87. The van der Waals surface area contributed by atoms with Crippen molar-refractivity contribution in [1.29, 1.82) is 0 Å². The molecular formula is C19H24O5. The van der Waals surface area contributed by atoms with Gasteiger partial charge in [-0.15, -0.1) is 0 Å². The van der Waals surface area contributed by atoms with Crippen LogP contribution in [0.15, 0.2) is 42.5 Å². The Balaban J connectivity index is 2.14. The minimum atomic E-state index is -0.805. The van der Waals surface area contributed by atoms with E-state index in [2.05, 4.69) is 13.5 Å². The van der Waals surface area contributed by atoms with Crippen LogP contribution >= 0.6 is 0 Å². The summed E-state index contributed by atoms with van der Waals surface area (Å²) in [6, 6.07) is 9.75. The Bertz CT molecular complexity index is 581. The summed E-state index contributed by atoms with van der Waals surface area (Å²) in [6.07, 6.45) is 1.52. The zero-order valence-corrected chi connectivity index (χ0v) is 14.2. The van der Waals surface area contributed by atoms with Crippen LogP contribution < -0.4 is 0 Å². The fourth-order valence-corrected chi connectivity index (χ4v) is 2.81. The Morgan fingerprint density at radius 2 is 2.04 bits per heavy atom. The van der Waals surface area contributed by atoms with Gasteiger partial charge < -0.3 is 14.2 Å². The molecule has 1 heterocycles. The van der Waals surface area contributed by atoms with Gasteiger partial charge in [0.1, 0.15) is 12.0 Å². The van der Waals surface area contributed by atoms with Gasteiger partial charge in [-0.25, -0.2) is 4.79 Å². The molecule has 130 valence electrons. The first kappa shape index (κ1) is 18.2. The highest BCUT2D eigenvalue weighted by Crippen LogP contribution is 2.33. The van der Waals surface area contributed by atoms with Gasteiger partial charge in [-0.3, -0.25) is 4.79 Å². The van der Waals surface area contributed by atoms with Crippen molar-refractivity contribution < 1.29 is 23.8 Å². The van der Waals surface area contributed by atoms with E-state index in [0.29, 0.717) is 13.0 Å². The lowest BCUT2D eigenvalue weighted by Crippen LogP contribution is -2.38. The Kier molecular flexibility index (Phi) is 6.55. The number of carbonyl (C=O) groups is 2. The number of carbonyl (C=O) groups excluding carboxylic acids is 2. The number of esters is 2. The molecule has 0 N–H and O–H groups in total. The molecule has 3 atom stereocenters. The maximum atomic E-state index is 12.1. The minimum absolute atomic E-state index is 0.136. The summed E-state index contributed by atoms with van der Waals surface area (Å²) in [5, 5.41) is 0. The molecule has 5 nitrogen and oxygen atoms in total. The van der Waals surface area contributed by atoms with Crippen molar-refractivity contribution in [2.45, 2.75) is 45.0 Å². The predicted octanol–water partition coefficient (Wildman–Crippen LogP) is 3.03. The van der Waals surface area contributed by atoms with Crippen LogP contribution in [0.3, 0.4) is 0 Å². The van der Waals surface area contributed by atoms with Crippen LogP contribution in [0, 0.1) is 5.92 Å². The third kappa shape index (κ3) is 4.23. The molecule has 24 heavy (non-hydrogen) atoms. The Labute approximate surface area is 142 Å². The van der Waals surface area contributed by atoms with Crippen molar-refractivity contribution in [3.63, 3.8) is 0 Å². The van der Waals surface area contributed by atoms with Crippen LogP contribution in [0.4, 0.5) is 0 Å². The van der Waals surface area contributed by atoms with Crippen LogP contribution in [0.25, 0.3) is 0 Å². The Hall–Kier alpha value is -2.14. The lowest BCUT2D eigenvalue weighted by Gasteiger charge is -2.26. The number of cyclic esters (lactones) is 1. The summed E-state index contributed by atoms with van der Waals surface area (Å²) >= 11 is 0. The van der Waals surface area contributed by atoms with Gasteiger partial charge in [0, 0.05) is 5.57 Å². The molecule has 0 radical (unpaired) electrons. The third-order valence-corrected chi connectivity index (χ3v) is 4.18. The zero-order chi connectivity index (χ0) is 17.5. The molecule has 0 spiro atoms. The first-order valence-electron chi connectivity index (χ1n) is 8.21. The number of hydrogen-bond donors (Lipinski definition) is 0. The average Bonchev–Trinajstić information content (AvgIpc) is 2.90. The summed E-state index contributed by atoms with van der Waals surface area (Å²) < 4.78 is 16.2. The summed E-state index contributed by atoms with van der Waals surface area (Å²) in [6.45, 7) is 6.15. The van der Waals surface area contributed by atoms with E-state index in [9.17, 15) is 9.59 Å². The molecule has 1 saturated heterocycles. The average molecular weight is 332 g/mol. The molecule has 1 fully saturated rings. The van der Waals surface area contributed by atoms with Crippen LogP contribution in [0.2, 0.25) is 0 Å². The molecule has 0 saturated carbocycles. The van der Waals surface area contributed by atoms with Gasteiger partial charge in [0.25, 0.3) is 0 Å². The maximum absolute atomic E-state index is 12.1. The van der Waals surface area contributed by atoms with Gasteiger partial charge in [0.15, 0.2) is 0 Å². The number of benzene rings is 1. The van der Waals surface area contributed by atoms with Crippen molar-refractivity contribution in [3.05, 3.63) is 48.0 Å². The van der Waals surface area contributed by atoms with Crippen LogP contribution in [-0.4, -0.2) is 31.3 Å². The van der Waals surface area contributed by atoms with Gasteiger partial charge in [-0.05, 0) is 12.0 Å². The van der Waals surface area contributed by atoms with E-state index in [-0.39, 0.29) is 11.7 Å². The zero-order valence-electron chi connectivity index (χ0n) is 14.2. The SMILES string of the molecule is C=C1C(=O)O[C@H]([C@H](CCCC)OCc2ccccc2)[C@@H]1C(=O)OC. The van der Waals surface area contributed by atoms with Crippen LogP contribution in [0.5, 0.6) is 0 Å². The molecule has 2 rings (SSSR count). The standard InChI is InChI=1S/C19H24O5/c1-4-5-11-15(23-12-14-9-7-6-8-10-14)17-16(19(21)22-3)13(2)18(20)24-17/h6-10,15-17H,2,4-5,11-12H2,1,3H3/t15-,16+,17+/m0/s1. The van der Waals surface area contributed by atoms with E-state index in [1.54, 1.807) is 0 Å². The maximum Gasteiger partial charge on any atom is 0.334 e. The van der Waals surface area contributed by atoms with Gasteiger partial charge in [0.05, 0.1) is 19.8 Å². The number of methoxy groups -OCH3 is 1. The van der Waals surface area contributed by atoms with Crippen molar-refractivity contribution in [2.75, 3.05) is 7.11 Å². The summed E-state index contributed by atoms with van der Waals surface area (Å²) in [7, 11) is 1.29.